The highest BCUT2D eigenvalue weighted by Gasteiger charge is 2.25. The van der Waals surface area contributed by atoms with Gasteiger partial charge in [-0.15, -0.1) is 0 Å². The Balaban J connectivity index is 2.36. The Hall–Kier alpha value is -1.91. The number of hydrogen-bond acceptors (Lipinski definition) is 3. The summed E-state index contributed by atoms with van der Waals surface area (Å²) < 4.78 is 13.6. The lowest BCUT2D eigenvalue weighted by Crippen LogP contribution is -2.29. The molecule has 0 radical (unpaired) electrons. The lowest BCUT2D eigenvalue weighted by atomic mass is 10.0. The molecule has 24 heavy (non-hydrogen) atoms. The third-order valence-electron chi connectivity index (χ3n) is 4.23. The Kier molecular flexibility index (Phi) is 6.35. The molecular formula is C20H27NO3. The van der Waals surface area contributed by atoms with Crippen molar-refractivity contribution in [3.63, 3.8) is 0 Å². The van der Waals surface area contributed by atoms with Gasteiger partial charge in [-0.1, -0.05) is 30.3 Å². The number of carbonyl (C=O) groups is 1. The number of ether oxygens (including phenoxy) is 2. The topological polar surface area (TPSA) is 40.5 Å². The SMILES string of the molecule is CCOC(OCC)C(C)n1c(C)cc(C(=O)c2ccccc2)c1C. The number of ketones is 1. The summed E-state index contributed by atoms with van der Waals surface area (Å²) in [4.78, 5) is 12.8. The van der Waals surface area contributed by atoms with Gasteiger partial charge in [-0.05, 0) is 40.7 Å². The molecule has 4 heteroatoms. The molecule has 0 aliphatic rings. The molecule has 0 amide bonds. The number of benzene rings is 1. The molecule has 2 rings (SSSR count). The van der Waals surface area contributed by atoms with Crippen molar-refractivity contribution in [2.75, 3.05) is 13.2 Å². The van der Waals surface area contributed by atoms with Gasteiger partial charge in [0, 0.05) is 35.7 Å². The van der Waals surface area contributed by atoms with E-state index in [1.54, 1.807) is 0 Å². The Morgan fingerprint density at radius 3 is 2.21 bits per heavy atom. The minimum Gasteiger partial charge on any atom is -0.351 e. The average molecular weight is 329 g/mol. The van der Waals surface area contributed by atoms with E-state index in [1.807, 2.05) is 64.1 Å². The molecule has 0 fully saturated rings. The van der Waals surface area contributed by atoms with Crippen LogP contribution in [0, 0.1) is 13.8 Å². The molecule has 1 heterocycles. The van der Waals surface area contributed by atoms with Crippen molar-refractivity contribution in [1.82, 2.24) is 4.57 Å². The maximum atomic E-state index is 12.8. The normalized spacial score (nSPS) is 12.6. The van der Waals surface area contributed by atoms with Gasteiger partial charge in [0.25, 0.3) is 0 Å². The molecule has 2 aromatic rings. The molecule has 0 bridgehead atoms. The number of rotatable bonds is 8. The van der Waals surface area contributed by atoms with E-state index in [4.69, 9.17) is 9.47 Å². The van der Waals surface area contributed by atoms with Crippen molar-refractivity contribution < 1.29 is 14.3 Å². The molecule has 0 saturated heterocycles. The maximum Gasteiger partial charge on any atom is 0.194 e. The highest BCUT2D eigenvalue weighted by atomic mass is 16.7. The quantitative estimate of drug-likeness (QED) is 0.535. The monoisotopic (exact) mass is 329 g/mol. The van der Waals surface area contributed by atoms with Gasteiger partial charge in [0.15, 0.2) is 12.1 Å². The second-order valence-electron chi connectivity index (χ2n) is 5.87. The fourth-order valence-electron chi connectivity index (χ4n) is 3.16. The summed E-state index contributed by atoms with van der Waals surface area (Å²) in [6.07, 6.45) is -0.329. The summed E-state index contributed by atoms with van der Waals surface area (Å²) in [5, 5.41) is 0. The van der Waals surface area contributed by atoms with Crippen LogP contribution in [0.5, 0.6) is 0 Å². The van der Waals surface area contributed by atoms with E-state index >= 15 is 0 Å². The molecule has 1 aromatic carbocycles. The Morgan fingerprint density at radius 1 is 1.08 bits per heavy atom. The van der Waals surface area contributed by atoms with Crippen LogP contribution in [0.2, 0.25) is 0 Å². The Labute approximate surface area is 144 Å². The van der Waals surface area contributed by atoms with Crippen molar-refractivity contribution >= 4 is 5.78 Å². The molecule has 0 aliphatic carbocycles. The van der Waals surface area contributed by atoms with Gasteiger partial charge in [0.05, 0.1) is 6.04 Å². The van der Waals surface area contributed by atoms with Crippen LogP contribution in [0.25, 0.3) is 0 Å². The van der Waals surface area contributed by atoms with Crippen LogP contribution in [0.15, 0.2) is 36.4 Å². The van der Waals surface area contributed by atoms with Crippen molar-refractivity contribution in [2.24, 2.45) is 0 Å². The van der Waals surface area contributed by atoms with E-state index in [2.05, 4.69) is 11.5 Å². The van der Waals surface area contributed by atoms with E-state index in [1.165, 1.54) is 0 Å². The second-order valence-corrected chi connectivity index (χ2v) is 5.87. The van der Waals surface area contributed by atoms with E-state index in [0.29, 0.717) is 18.8 Å². The second kappa shape index (κ2) is 8.27. The van der Waals surface area contributed by atoms with E-state index in [0.717, 1.165) is 17.0 Å². The van der Waals surface area contributed by atoms with Crippen LogP contribution < -0.4 is 0 Å². The smallest absolute Gasteiger partial charge is 0.194 e. The zero-order valence-electron chi connectivity index (χ0n) is 15.2. The van der Waals surface area contributed by atoms with Gasteiger partial charge >= 0.3 is 0 Å². The summed E-state index contributed by atoms with van der Waals surface area (Å²) in [5.41, 5.74) is 3.41. The van der Waals surface area contributed by atoms with Crippen LogP contribution >= 0.6 is 0 Å². The number of aromatic nitrogens is 1. The highest BCUT2D eigenvalue weighted by molar-refractivity contribution is 6.09. The number of carbonyl (C=O) groups excluding carboxylic acids is 1. The molecule has 1 atom stereocenters. The van der Waals surface area contributed by atoms with Gasteiger partial charge in [0.1, 0.15) is 0 Å². The molecule has 0 saturated carbocycles. The Bertz CT molecular complexity index is 670. The van der Waals surface area contributed by atoms with Crippen molar-refractivity contribution in [3.05, 3.63) is 58.9 Å². The van der Waals surface area contributed by atoms with E-state index < -0.39 is 0 Å². The summed E-state index contributed by atoms with van der Waals surface area (Å²) in [6, 6.07) is 11.3. The van der Waals surface area contributed by atoms with Crippen molar-refractivity contribution in [2.45, 2.75) is 47.0 Å². The first kappa shape index (κ1) is 18.4. The summed E-state index contributed by atoms with van der Waals surface area (Å²) in [6.45, 7) is 11.1. The minimum absolute atomic E-state index is 0.0118. The van der Waals surface area contributed by atoms with Gasteiger partial charge < -0.3 is 14.0 Å². The fraction of sp³-hybridized carbons (Fsp3) is 0.450. The van der Waals surface area contributed by atoms with Gasteiger partial charge in [-0.25, -0.2) is 0 Å². The third-order valence-corrected chi connectivity index (χ3v) is 4.23. The summed E-state index contributed by atoms with van der Waals surface area (Å²) in [7, 11) is 0. The predicted molar refractivity (Wildman–Crippen MR) is 95.5 cm³/mol. The fourth-order valence-corrected chi connectivity index (χ4v) is 3.16. The largest absolute Gasteiger partial charge is 0.351 e. The molecule has 130 valence electrons. The highest BCUT2D eigenvalue weighted by Crippen LogP contribution is 2.26. The first-order chi connectivity index (χ1) is 11.5. The molecule has 0 aliphatic heterocycles. The standard InChI is InChI=1S/C20H27NO3/c1-6-23-20(24-7-2)16(5)21-14(3)13-18(15(21)4)19(22)17-11-9-8-10-12-17/h8-13,16,20H,6-7H2,1-5H3. The zero-order chi connectivity index (χ0) is 17.7. The molecular weight excluding hydrogens is 302 g/mol. The number of aryl methyl sites for hydroxylation is 1. The summed E-state index contributed by atoms with van der Waals surface area (Å²) in [5.74, 6) is 0.0477. The van der Waals surface area contributed by atoms with Crippen LogP contribution in [0.1, 0.15) is 54.1 Å². The molecule has 1 aromatic heterocycles. The zero-order valence-corrected chi connectivity index (χ0v) is 15.2. The van der Waals surface area contributed by atoms with E-state index in [9.17, 15) is 4.79 Å². The van der Waals surface area contributed by atoms with Crippen LogP contribution in [0.4, 0.5) is 0 Å². The summed E-state index contributed by atoms with van der Waals surface area (Å²) >= 11 is 0. The van der Waals surface area contributed by atoms with Crippen molar-refractivity contribution in [1.29, 1.82) is 0 Å². The van der Waals surface area contributed by atoms with Gasteiger partial charge in [-0.3, -0.25) is 4.79 Å². The van der Waals surface area contributed by atoms with Crippen LogP contribution in [-0.2, 0) is 9.47 Å². The lowest BCUT2D eigenvalue weighted by Gasteiger charge is -2.27. The predicted octanol–water partition coefficient (Wildman–Crippen LogP) is 4.30. The average Bonchev–Trinajstić information content (AvgIpc) is 2.88. The van der Waals surface area contributed by atoms with Crippen LogP contribution in [-0.4, -0.2) is 29.9 Å². The Morgan fingerprint density at radius 2 is 1.67 bits per heavy atom. The number of nitrogens with zero attached hydrogens (tertiary/aromatic N) is 1. The minimum atomic E-state index is -0.329. The molecule has 0 N–H and O–H groups in total. The van der Waals surface area contributed by atoms with E-state index in [-0.39, 0.29) is 18.1 Å². The molecule has 0 spiro atoms. The van der Waals surface area contributed by atoms with Crippen LogP contribution in [0.3, 0.4) is 0 Å². The third kappa shape index (κ3) is 3.77. The molecule has 1 unspecified atom stereocenters. The first-order valence-corrected chi connectivity index (χ1v) is 8.52. The van der Waals surface area contributed by atoms with Crippen molar-refractivity contribution in [3.8, 4) is 0 Å². The maximum absolute atomic E-state index is 12.8. The van der Waals surface area contributed by atoms with Gasteiger partial charge in [0.2, 0.25) is 0 Å². The molecule has 4 nitrogen and oxygen atoms in total. The lowest BCUT2D eigenvalue weighted by molar-refractivity contribution is -0.159. The number of hydrogen-bond donors (Lipinski definition) is 0. The first-order valence-electron chi connectivity index (χ1n) is 8.52. The van der Waals surface area contributed by atoms with Gasteiger partial charge in [-0.2, -0.15) is 0 Å².